The van der Waals surface area contributed by atoms with Crippen molar-refractivity contribution in [2.75, 3.05) is 31.6 Å². The van der Waals surface area contributed by atoms with E-state index in [0.717, 1.165) is 38.2 Å². The molecule has 1 unspecified atom stereocenters. The van der Waals surface area contributed by atoms with E-state index in [0.29, 0.717) is 18.2 Å². The molecule has 1 aromatic rings. The van der Waals surface area contributed by atoms with Gasteiger partial charge >= 0.3 is 0 Å². The number of hydrogen-bond donors (Lipinski definition) is 0. The molecular weight excluding hydrogens is 331 g/mol. The molecule has 4 rings (SSSR count). The second-order valence-corrected chi connectivity index (χ2v) is 8.15. The van der Waals surface area contributed by atoms with Crippen LogP contribution < -0.4 is 4.90 Å². The van der Waals surface area contributed by atoms with Crippen LogP contribution in [0.3, 0.4) is 0 Å². The van der Waals surface area contributed by atoms with Crippen LogP contribution in [0.2, 0.25) is 0 Å². The SMILES string of the molecule is COC1CN(c2cccc(F)c2)C12CCN(C(=O)CC1CCCC1)CC2. The number of anilines is 1. The van der Waals surface area contributed by atoms with Gasteiger partial charge in [0.2, 0.25) is 5.91 Å². The van der Waals surface area contributed by atoms with Crippen LogP contribution in [-0.4, -0.2) is 49.2 Å². The molecule has 3 fully saturated rings. The Labute approximate surface area is 155 Å². The van der Waals surface area contributed by atoms with E-state index in [1.54, 1.807) is 19.2 Å². The lowest BCUT2D eigenvalue weighted by Gasteiger charge is -2.61. The van der Waals surface area contributed by atoms with Gasteiger partial charge in [0, 0.05) is 38.9 Å². The molecule has 2 saturated heterocycles. The number of ether oxygens (including phenoxy) is 1. The van der Waals surface area contributed by atoms with Crippen molar-refractivity contribution >= 4 is 11.6 Å². The van der Waals surface area contributed by atoms with E-state index in [-0.39, 0.29) is 17.5 Å². The van der Waals surface area contributed by atoms with Gasteiger partial charge in [-0.25, -0.2) is 4.39 Å². The standard InChI is InChI=1S/C21H29FN2O2/c1-26-19-15-24(18-8-4-7-17(22)14-18)21(19)9-11-23(12-10-21)20(25)13-16-5-2-3-6-16/h4,7-8,14,16,19H,2-3,5-6,9-13,15H2,1H3. The third-order valence-electron chi connectivity index (χ3n) is 6.81. The van der Waals surface area contributed by atoms with Gasteiger partial charge in [0.15, 0.2) is 0 Å². The second-order valence-electron chi connectivity index (χ2n) is 8.15. The zero-order chi connectivity index (χ0) is 18.1. The van der Waals surface area contributed by atoms with Crippen molar-refractivity contribution < 1.29 is 13.9 Å². The van der Waals surface area contributed by atoms with Crippen LogP contribution in [0, 0.1) is 11.7 Å². The number of methoxy groups -OCH3 is 1. The maximum Gasteiger partial charge on any atom is 0.222 e. The summed E-state index contributed by atoms with van der Waals surface area (Å²) in [7, 11) is 1.76. The van der Waals surface area contributed by atoms with Crippen molar-refractivity contribution in [1.82, 2.24) is 4.90 Å². The average Bonchev–Trinajstić information content (AvgIpc) is 3.14. The molecule has 142 valence electrons. The summed E-state index contributed by atoms with van der Waals surface area (Å²) >= 11 is 0. The molecule has 2 heterocycles. The van der Waals surface area contributed by atoms with Gasteiger partial charge in [-0.1, -0.05) is 18.9 Å². The first-order valence-corrected chi connectivity index (χ1v) is 9.96. The molecule has 3 aliphatic rings. The van der Waals surface area contributed by atoms with Crippen LogP contribution in [0.5, 0.6) is 0 Å². The van der Waals surface area contributed by atoms with Crippen molar-refractivity contribution in [2.45, 2.75) is 56.6 Å². The molecule has 4 nitrogen and oxygen atoms in total. The summed E-state index contributed by atoms with van der Waals surface area (Å²) in [5.74, 6) is 0.706. The van der Waals surface area contributed by atoms with E-state index in [2.05, 4.69) is 4.90 Å². The zero-order valence-corrected chi connectivity index (χ0v) is 15.6. The minimum Gasteiger partial charge on any atom is -0.377 e. The summed E-state index contributed by atoms with van der Waals surface area (Å²) in [6.45, 7) is 2.34. The van der Waals surface area contributed by atoms with Crippen LogP contribution >= 0.6 is 0 Å². The normalized spacial score (nSPS) is 25.5. The lowest BCUT2D eigenvalue weighted by atomic mass is 9.73. The summed E-state index contributed by atoms with van der Waals surface area (Å²) in [6.07, 6.45) is 7.62. The third kappa shape index (κ3) is 3.11. The highest BCUT2D eigenvalue weighted by atomic mass is 19.1. The Bertz CT molecular complexity index is 651. The lowest BCUT2D eigenvalue weighted by Crippen LogP contribution is -2.74. The molecule has 0 bridgehead atoms. The highest BCUT2D eigenvalue weighted by Crippen LogP contribution is 2.45. The molecule has 2 aliphatic heterocycles. The number of amides is 1. The monoisotopic (exact) mass is 360 g/mol. The Hall–Kier alpha value is -1.62. The number of rotatable bonds is 4. The smallest absolute Gasteiger partial charge is 0.222 e. The molecule has 26 heavy (non-hydrogen) atoms. The predicted octanol–water partition coefficient (Wildman–Crippen LogP) is 3.60. The van der Waals surface area contributed by atoms with E-state index in [4.69, 9.17) is 4.74 Å². The first-order chi connectivity index (χ1) is 12.6. The Balaban J connectivity index is 1.42. The largest absolute Gasteiger partial charge is 0.377 e. The quantitative estimate of drug-likeness (QED) is 0.822. The Kier molecular flexibility index (Phi) is 4.91. The molecule has 1 saturated carbocycles. The van der Waals surface area contributed by atoms with Crippen molar-refractivity contribution in [3.63, 3.8) is 0 Å². The van der Waals surface area contributed by atoms with Crippen molar-refractivity contribution in [1.29, 1.82) is 0 Å². The highest BCUT2D eigenvalue weighted by Gasteiger charge is 2.55. The maximum atomic E-state index is 13.7. The fourth-order valence-electron chi connectivity index (χ4n) is 5.21. The van der Waals surface area contributed by atoms with Gasteiger partial charge in [-0.05, 0) is 49.8 Å². The van der Waals surface area contributed by atoms with Crippen LogP contribution in [-0.2, 0) is 9.53 Å². The molecule has 5 heteroatoms. The predicted molar refractivity (Wildman–Crippen MR) is 99.7 cm³/mol. The molecule has 0 N–H and O–H groups in total. The minimum absolute atomic E-state index is 0.104. The van der Waals surface area contributed by atoms with Gasteiger partial charge in [0.25, 0.3) is 0 Å². The van der Waals surface area contributed by atoms with E-state index in [1.807, 2.05) is 11.0 Å². The van der Waals surface area contributed by atoms with Crippen LogP contribution in [0.25, 0.3) is 0 Å². The molecule has 1 amide bonds. The molecular formula is C21H29FN2O2. The summed E-state index contributed by atoms with van der Waals surface area (Å²) in [5.41, 5.74) is 0.816. The average molecular weight is 360 g/mol. The fraction of sp³-hybridized carbons (Fsp3) is 0.667. The van der Waals surface area contributed by atoms with E-state index in [1.165, 1.54) is 31.7 Å². The van der Waals surface area contributed by atoms with Gasteiger partial charge < -0.3 is 14.5 Å². The molecule has 0 aromatic heterocycles. The maximum absolute atomic E-state index is 13.7. The molecule has 1 aromatic carbocycles. The summed E-state index contributed by atoms with van der Waals surface area (Å²) in [5, 5.41) is 0. The topological polar surface area (TPSA) is 32.8 Å². The molecule has 1 aliphatic carbocycles. The Morgan fingerprint density at radius 2 is 2.00 bits per heavy atom. The summed E-state index contributed by atoms with van der Waals surface area (Å²) in [4.78, 5) is 17.0. The number of halogens is 1. The second kappa shape index (κ2) is 7.18. The number of benzene rings is 1. The summed E-state index contributed by atoms with van der Waals surface area (Å²) in [6, 6.07) is 6.81. The van der Waals surface area contributed by atoms with Crippen LogP contribution in [0.15, 0.2) is 24.3 Å². The first kappa shape index (κ1) is 17.8. The Morgan fingerprint density at radius 3 is 2.65 bits per heavy atom. The molecule has 0 radical (unpaired) electrons. The molecule has 1 atom stereocenters. The van der Waals surface area contributed by atoms with Crippen LogP contribution in [0.1, 0.15) is 44.9 Å². The van der Waals surface area contributed by atoms with Gasteiger partial charge in [-0.2, -0.15) is 0 Å². The minimum atomic E-state index is -0.206. The van der Waals surface area contributed by atoms with E-state index < -0.39 is 0 Å². The number of carbonyl (C=O) groups excluding carboxylic acids is 1. The number of hydrogen-bond acceptors (Lipinski definition) is 3. The zero-order valence-electron chi connectivity index (χ0n) is 15.6. The van der Waals surface area contributed by atoms with Crippen molar-refractivity contribution in [2.24, 2.45) is 5.92 Å². The molecule has 1 spiro atoms. The lowest BCUT2D eigenvalue weighted by molar-refractivity contribution is -0.136. The van der Waals surface area contributed by atoms with Gasteiger partial charge in [-0.15, -0.1) is 0 Å². The number of likely N-dealkylation sites (tertiary alicyclic amines) is 1. The van der Waals surface area contributed by atoms with Crippen LogP contribution in [0.4, 0.5) is 10.1 Å². The summed E-state index contributed by atoms with van der Waals surface area (Å²) < 4.78 is 19.4. The van der Waals surface area contributed by atoms with Gasteiger partial charge in [0.05, 0.1) is 11.6 Å². The van der Waals surface area contributed by atoms with E-state index >= 15 is 0 Å². The fourth-order valence-corrected chi connectivity index (χ4v) is 5.21. The first-order valence-electron chi connectivity index (χ1n) is 9.96. The number of nitrogens with zero attached hydrogens (tertiary/aromatic N) is 2. The van der Waals surface area contributed by atoms with Crippen molar-refractivity contribution in [3.8, 4) is 0 Å². The van der Waals surface area contributed by atoms with E-state index in [9.17, 15) is 9.18 Å². The Morgan fingerprint density at radius 1 is 1.27 bits per heavy atom. The van der Waals surface area contributed by atoms with Gasteiger partial charge in [0.1, 0.15) is 5.82 Å². The third-order valence-corrected chi connectivity index (χ3v) is 6.81. The van der Waals surface area contributed by atoms with Gasteiger partial charge in [-0.3, -0.25) is 4.79 Å². The van der Waals surface area contributed by atoms with Crippen molar-refractivity contribution in [3.05, 3.63) is 30.1 Å². The number of piperidine rings is 1. The highest BCUT2D eigenvalue weighted by molar-refractivity contribution is 5.76. The number of carbonyl (C=O) groups is 1.